The van der Waals surface area contributed by atoms with Crippen LogP contribution in [0.5, 0.6) is 0 Å². The SMILES string of the molecule is Fc1ccc2c(c1)-c1ccccc1C21c2ccccc2Sc2ccc(N(c3ccccc3)c3ccc4c5ccccc5n(-c5ccccc5)c4c3)cc21. The summed E-state index contributed by atoms with van der Waals surface area (Å²) in [5.74, 6) is -0.221. The first-order valence-corrected chi connectivity index (χ1v) is 18.8. The highest BCUT2D eigenvalue weighted by Crippen LogP contribution is 2.62. The van der Waals surface area contributed by atoms with E-state index in [-0.39, 0.29) is 5.82 Å². The van der Waals surface area contributed by atoms with Crippen molar-refractivity contribution in [1.29, 1.82) is 0 Å². The monoisotopic (exact) mass is 698 g/mol. The number of fused-ring (bicyclic) bond motifs is 12. The minimum absolute atomic E-state index is 0.221. The Morgan fingerprint density at radius 1 is 0.434 bits per heavy atom. The molecule has 0 N–H and O–H groups in total. The Bertz CT molecular complexity index is 2900. The molecule has 8 aromatic carbocycles. The molecular formula is C49H31FN2S. The Morgan fingerprint density at radius 3 is 1.94 bits per heavy atom. The average molecular weight is 699 g/mol. The molecule has 1 aromatic heterocycles. The number of hydrogen-bond donors (Lipinski definition) is 0. The lowest BCUT2D eigenvalue weighted by atomic mass is 9.67. The molecule has 1 aliphatic heterocycles. The summed E-state index contributed by atoms with van der Waals surface area (Å²) in [5.41, 5.74) is 12.8. The van der Waals surface area contributed by atoms with Gasteiger partial charge in [-0.1, -0.05) is 121 Å². The van der Waals surface area contributed by atoms with Gasteiger partial charge in [-0.2, -0.15) is 0 Å². The third-order valence-corrected chi connectivity index (χ3v) is 12.2. The first kappa shape index (κ1) is 30.3. The van der Waals surface area contributed by atoms with Gasteiger partial charge in [0.2, 0.25) is 0 Å². The predicted molar refractivity (Wildman–Crippen MR) is 217 cm³/mol. The number of rotatable bonds is 4. The highest BCUT2D eigenvalue weighted by molar-refractivity contribution is 7.99. The average Bonchev–Trinajstić information content (AvgIpc) is 3.69. The summed E-state index contributed by atoms with van der Waals surface area (Å²) in [7, 11) is 0. The van der Waals surface area contributed by atoms with Crippen molar-refractivity contribution in [2.75, 3.05) is 4.90 Å². The van der Waals surface area contributed by atoms with Crippen LogP contribution in [0.3, 0.4) is 0 Å². The third kappa shape index (κ3) is 4.33. The summed E-state index contributed by atoms with van der Waals surface area (Å²) in [6.45, 7) is 0. The lowest BCUT2D eigenvalue weighted by Gasteiger charge is -2.40. The fraction of sp³-hybridized carbons (Fsp3) is 0.0204. The molecule has 9 aromatic rings. The maximum Gasteiger partial charge on any atom is 0.123 e. The summed E-state index contributed by atoms with van der Waals surface area (Å²) >= 11 is 1.82. The minimum atomic E-state index is -0.612. The molecule has 1 unspecified atom stereocenters. The van der Waals surface area contributed by atoms with E-state index in [1.807, 2.05) is 17.8 Å². The van der Waals surface area contributed by atoms with Gasteiger partial charge in [-0.25, -0.2) is 4.39 Å². The van der Waals surface area contributed by atoms with Crippen molar-refractivity contribution in [3.8, 4) is 16.8 Å². The molecule has 0 radical (unpaired) electrons. The van der Waals surface area contributed by atoms with Crippen LogP contribution in [-0.4, -0.2) is 4.57 Å². The zero-order chi connectivity index (χ0) is 35.1. The van der Waals surface area contributed by atoms with E-state index in [1.54, 1.807) is 12.1 Å². The first-order valence-electron chi connectivity index (χ1n) is 18.0. The molecule has 0 bridgehead atoms. The zero-order valence-corrected chi connectivity index (χ0v) is 29.4. The van der Waals surface area contributed by atoms with Crippen LogP contribution in [0.4, 0.5) is 21.5 Å². The Kier molecular flexibility index (Phi) is 6.61. The molecule has 1 spiro atoms. The van der Waals surface area contributed by atoms with Gasteiger partial charge in [-0.15, -0.1) is 0 Å². The minimum Gasteiger partial charge on any atom is -0.310 e. The van der Waals surface area contributed by atoms with E-state index in [0.29, 0.717) is 0 Å². The van der Waals surface area contributed by atoms with Crippen molar-refractivity contribution in [1.82, 2.24) is 4.57 Å². The molecule has 2 nitrogen and oxygen atoms in total. The molecule has 0 fully saturated rings. The van der Waals surface area contributed by atoms with Gasteiger partial charge in [0, 0.05) is 43.3 Å². The van der Waals surface area contributed by atoms with Crippen molar-refractivity contribution >= 4 is 50.6 Å². The largest absolute Gasteiger partial charge is 0.310 e. The zero-order valence-electron chi connectivity index (χ0n) is 28.6. The summed E-state index contributed by atoms with van der Waals surface area (Å²) in [5, 5.41) is 2.44. The quantitative estimate of drug-likeness (QED) is 0.181. The maximum absolute atomic E-state index is 15.1. The Hall–Kier alpha value is -6.36. The molecule has 1 atom stereocenters. The fourth-order valence-corrected chi connectivity index (χ4v) is 10.2. The van der Waals surface area contributed by atoms with Crippen molar-refractivity contribution < 1.29 is 4.39 Å². The van der Waals surface area contributed by atoms with E-state index >= 15 is 4.39 Å². The van der Waals surface area contributed by atoms with E-state index in [4.69, 9.17) is 0 Å². The lowest BCUT2D eigenvalue weighted by molar-refractivity contribution is 0.626. The number of hydrogen-bond acceptors (Lipinski definition) is 2. The molecule has 0 saturated carbocycles. The van der Waals surface area contributed by atoms with E-state index < -0.39 is 5.41 Å². The number of anilines is 3. The van der Waals surface area contributed by atoms with Gasteiger partial charge in [0.05, 0.1) is 16.4 Å². The molecule has 53 heavy (non-hydrogen) atoms. The first-order chi connectivity index (χ1) is 26.2. The van der Waals surface area contributed by atoms with Crippen LogP contribution >= 0.6 is 11.8 Å². The van der Waals surface area contributed by atoms with E-state index in [0.717, 1.165) is 45.0 Å². The van der Waals surface area contributed by atoms with Crippen molar-refractivity contribution in [3.05, 3.63) is 216 Å². The van der Waals surface area contributed by atoms with Crippen LogP contribution in [0, 0.1) is 5.82 Å². The summed E-state index contributed by atoms with van der Waals surface area (Å²) in [6, 6.07) is 66.3. The van der Waals surface area contributed by atoms with E-state index in [2.05, 4.69) is 179 Å². The van der Waals surface area contributed by atoms with Crippen LogP contribution in [0.1, 0.15) is 22.3 Å². The standard InChI is InChI=1S/C49H31FN2S/c50-32-23-27-42-40(29-32)37-17-7-9-19-41(37)49(42)43-20-10-12-22-47(43)53-48-28-25-35(30-44(48)49)51(33-13-3-1-4-14-33)36-24-26-39-38-18-8-11-21-45(38)52(46(39)31-36)34-15-5-2-6-16-34/h1-31H. The second kappa shape index (κ2) is 11.6. The normalized spacial score (nSPS) is 15.3. The predicted octanol–water partition coefficient (Wildman–Crippen LogP) is 13.2. The van der Waals surface area contributed by atoms with Crippen LogP contribution in [0.2, 0.25) is 0 Å². The van der Waals surface area contributed by atoms with Gasteiger partial charge in [-0.3, -0.25) is 0 Å². The Balaban J connectivity index is 1.19. The van der Waals surface area contributed by atoms with Gasteiger partial charge in [0.25, 0.3) is 0 Å². The maximum atomic E-state index is 15.1. The lowest BCUT2D eigenvalue weighted by Crippen LogP contribution is -2.32. The Labute approximate surface area is 311 Å². The third-order valence-electron chi connectivity index (χ3n) is 11.1. The highest BCUT2D eigenvalue weighted by Gasteiger charge is 2.50. The van der Waals surface area contributed by atoms with Gasteiger partial charge in [-0.05, 0) is 112 Å². The van der Waals surface area contributed by atoms with E-state index in [9.17, 15) is 0 Å². The summed E-state index contributed by atoms with van der Waals surface area (Å²) < 4.78 is 17.4. The highest BCUT2D eigenvalue weighted by atomic mass is 32.2. The second-order valence-corrected chi connectivity index (χ2v) is 14.9. The number of para-hydroxylation sites is 3. The topological polar surface area (TPSA) is 8.17 Å². The van der Waals surface area contributed by atoms with Crippen LogP contribution in [0.25, 0.3) is 38.6 Å². The molecule has 0 amide bonds. The van der Waals surface area contributed by atoms with Crippen molar-refractivity contribution in [3.63, 3.8) is 0 Å². The van der Waals surface area contributed by atoms with Gasteiger partial charge < -0.3 is 9.47 Å². The summed E-state index contributed by atoms with van der Waals surface area (Å²) in [4.78, 5) is 4.80. The fourth-order valence-electron chi connectivity index (χ4n) is 8.98. The molecule has 0 saturated heterocycles. The van der Waals surface area contributed by atoms with Crippen LogP contribution < -0.4 is 4.90 Å². The van der Waals surface area contributed by atoms with Gasteiger partial charge >= 0.3 is 0 Å². The molecular weight excluding hydrogens is 668 g/mol. The number of aromatic nitrogens is 1. The molecule has 1 aliphatic carbocycles. The van der Waals surface area contributed by atoms with Crippen molar-refractivity contribution in [2.24, 2.45) is 0 Å². The molecule has 250 valence electrons. The summed E-state index contributed by atoms with van der Waals surface area (Å²) in [6.07, 6.45) is 0. The molecule has 2 heterocycles. The van der Waals surface area contributed by atoms with Crippen molar-refractivity contribution in [2.45, 2.75) is 15.2 Å². The van der Waals surface area contributed by atoms with Crippen LogP contribution in [0.15, 0.2) is 198 Å². The second-order valence-electron chi connectivity index (χ2n) is 13.8. The molecule has 2 aliphatic rings. The number of benzene rings is 8. The van der Waals surface area contributed by atoms with E-state index in [1.165, 1.54) is 42.8 Å². The van der Waals surface area contributed by atoms with Gasteiger partial charge in [0.1, 0.15) is 5.82 Å². The smallest absolute Gasteiger partial charge is 0.123 e. The van der Waals surface area contributed by atoms with Gasteiger partial charge in [0.15, 0.2) is 0 Å². The van der Waals surface area contributed by atoms with Crippen LogP contribution in [-0.2, 0) is 5.41 Å². The molecule has 4 heteroatoms. The Morgan fingerprint density at radius 2 is 1.08 bits per heavy atom. The molecule has 11 rings (SSSR count). The number of nitrogens with zero attached hydrogens (tertiary/aromatic N) is 2. The number of halogens is 1.